The van der Waals surface area contributed by atoms with Crippen molar-refractivity contribution in [2.24, 2.45) is 17.8 Å². The van der Waals surface area contributed by atoms with Crippen LogP contribution in [0.1, 0.15) is 77.7 Å². The number of nitrogen functional groups attached to an aromatic ring is 2. The molecule has 2 rings (SSSR count). The predicted molar refractivity (Wildman–Crippen MR) is 109 cm³/mol. The van der Waals surface area contributed by atoms with Gasteiger partial charge in [-0.05, 0) is 49.1 Å². The number of ether oxygens (including phenoxy) is 1. The molecule has 0 saturated heterocycles. The van der Waals surface area contributed by atoms with E-state index in [1.807, 2.05) is 13.0 Å². The Balaban J connectivity index is 1.75. The lowest BCUT2D eigenvalue weighted by atomic mass is 9.77. The number of hydrogen-bond donors (Lipinski definition) is 2. The lowest BCUT2D eigenvalue weighted by Crippen LogP contribution is -2.15. The number of nitrogens with two attached hydrogens (primary N) is 2. The van der Waals surface area contributed by atoms with E-state index < -0.39 is 0 Å². The minimum atomic E-state index is 0.605. The normalized spacial score (nSPS) is 20.8. The number of rotatable bonds is 9. The van der Waals surface area contributed by atoms with Crippen molar-refractivity contribution in [3.8, 4) is 5.75 Å². The monoisotopic (exact) mass is 346 g/mol. The van der Waals surface area contributed by atoms with Crippen LogP contribution in [0, 0.1) is 17.8 Å². The number of hydrogen-bond acceptors (Lipinski definition) is 3. The largest absolute Gasteiger partial charge is 0.492 e. The standard InChI is InChI=1S/C22H38N2O/c1-4-25-20-15-14-19(21(23)22(20)24)13-12-18-10-8-17(9-11-18)7-5-6-16(2)3/h14-18H,4-13,23-24H2,1-3H3. The summed E-state index contributed by atoms with van der Waals surface area (Å²) in [6, 6.07) is 4.06. The van der Waals surface area contributed by atoms with Gasteiger partial charge in [0.25, 0.3) is 0 Å². The molecule has 0 radical (unpaired) electrons. The van der Waals surface area contributed by atoms with E-state index >= 15 is 0 Å². The Morgan fingerprint density at radius 1 is 1.00 bits per heavy atom. The Labute approximate surface area is 154 Å². The van der Waals surface area contributed by atoms with Crippen LogP contribution in [-0.4, -0.2) is 6.61 Å². The van der Waals surface area contributed by atoms with Crippen LogP contribution in [0.25, 0.3) is 0 Å². The molecule has 1 aliphatic rings. The summed E-state index contributed by atoms with van der Waals surface area (Å²) < 4.78 is 5.52. The molecule has 25 heavy (non-hydrogen) atoms. The number of anilines is 2. The third-order valence-electron chi connectivity index (χ3n) is 5.82. The Morgan fingerprint density at radius 2 is 1.64 bits per heavy atom. The molecule has 1 aromatic rings. The minimum absolute atomic E-state index is 0.605. The van der Waals surface area contributed by atoms with Gasteiger partial charge in [-0.1, -0.05) is 64.9 Å². The lowest BCUT2D eigenvalue weighted by Gasteiger charge is -2.29. The van der Waals surface area contributed by atoms with Gasteiger partial charge in [-0.2, -0.15) is 0 Å². The molecule has 0 amide bonds. The molecule has 0 heterocycles. The molecule has 0 unspecified atom stereocenters. The molecule has 0 atom stereocenters. The average Bonchev–Trinajstić information content (AvgIpc) is 2.59. The van der Waals surface area contributed by atoms with Gasteiger partial charge in [0.15, 0.2) is 0 Å². The first-order chi connectivity index (χ1) is 12.0. The quantitative estimate of drug-likeness (QED) is 0.554. The third-order valence-corrected chi connectivity index (χ3v) is 5.82. The van der Waals surface area contributed by atoms with Crippen molar-refractivity contribution in [2.45, 2.75) is 78.6 Å². The molecule has 1 fully saturated rings. The van der Waals surface area contributed by atoms with Crippen LogP contribution < -0.4 is 16.2 Å². The van der Waals surface area contributed by atoms with E-state index in [4.69, 9.17) is 16.2 Å². The first-order valence-electron chi connectivity index (χ1n) is 10.3. The van der Waals surface area contributed by atoms with Crippen molar-refractivity contribution in [3.05, 3.63) is 17.7 Å². The molecule has 142 valence electrons. The van der Waals surface area contributed by atoms with E-state index in [1.54, 1.807) is 0 Å². The fraction of sp³-hybridized carbons (Fsp3) is 0.727. The van der Waals surface area contributed by atoms with Gasteiger partial charge >= 0.3 is 0 Å². The van der Waals surface area contributed by atoms with E-state index in [1.165, 1.54) is 56.9 Å². The van der Waals surface area contributed by atoms with Gasteiger partial charge in [-0.3, -0.25) is 0 Å². The van der Waals surface area contributed by atoms with Crippen LogP contribution in [0.3, 0.4) is 0 Å². The number of aryl methyl sites for hydroxylation is 1. The maximum Gasteiger partial charge on any atom is 0.144 e. The van der Waals surface area contributed by atoms with Gasteiger partial charge in [0, 0.05) is 0 Å². The molecule has 1 saturated carbocycles. The van der Waals surface area contributed by atoms with E-state index in [2.05, 4.69) is 19.9 Å². The van der Waals surface area contributed by atoms with Gasteiger partial charge in [0.1, 0.15) is 5.75 Å². The van der Waals surface area contributed by atoms with Crippen molar-refractivity contribution in [2.75, 3.05) is 18.1 Å². The van der Waals surface area contributed by atoms with Crippen LogP contribution in [-0.2, 0) is 6.42 Å². The molecular formula is C22H38N2O. The van der Waals surface area contributed by atoms with E-state index in [0.29, 0.717) is 23.7 Å². The summed E-state index contributed by atoms with van der Waals surface area (Å²) in [7, 11) is 0. The summed E-state index contributed by atoms with van der Waals surface area (Å²) in [5, 5.41) is 0. The Morgan fingerprint density at radius 3 is 2.24 bits per heavy atom. The van der Waals surface area contributed by atoms with Gasteiger partial charge < -0.3 is 16.2 Å². The first kappa shape index (κ1) is 19.9. The second-order valence-electron chi connectivity index (χ2n) is 8.23. The number of benzene rings is 1. The summed E-state index contributed by atoms with van der Waals surface area (Å²) >= 11 is 0. The van der Waals surface area contributed by atoms with E-state index in [-0.39, 0.29) is 0 Å². The summed E-state index contributed by atoms with van der Waals surface area (Å²) in [6.07, 6.45) is 12.1. The molecule has 3 heteroatoms. The average molecular weight is 347 g/mol. The van der Waals surface area contributed by atoms with Crippen molar-refractivity contribution < 1.29 is 4.74 Å². The van der Waals surface area contributed by atoms with Crippen LogP contribution in [0.15, 0.2) is 12.1 Å². The molecule has 1 aromatic carbocycles. The van der Waals surface area contributed by atoms with Crippen LogP contribution in [0.4, 0.5) is 11.4 Å². The van der Waals surface area contributed by atoms with Crippen LogP contribution >= 0.6 is 0 Å². The first-order valence-corrected chi connectivity index (χ1v) is 10.3. The maximum atomic E-state index is 6.23. The van der Waals surface area contributed by atoms with Gasteiger partial charge in [0.05, 0.1) is 18.0 Å². The smallest absolute Gasteiger partial charge is 0.144 e. The zero-order valence-corrected chi connectivity index (χ0v) is 16.5. The fourth-order valence-electron chi connectivity index (χ4n) is 4.14. The fourth-order valence-corrected chi connectivity index (χ4v) is 4.14. The van der Waals surface area contributed by atoms with E-state index in [9.17, 15) is 0 Å². The highest BCUT2D eigenvalue weighted by molar-refractivity contribution is 5.74. The summed E-state index contributed by atoms with van der Waals surface area (Å²) in [4.78, 5) is 0. The van der Waals surface area contributed by atoms with Crippen molar-refractivity contribution in [1.29, 1.82) is 0 Å². The molecule has 0 bridgehead atoms. The molecular weight excluding hydrogens is 308 g/mol. The SMILES string of the molecule is CCOc1ccc(CCC2CCC(CCCC(C)C)CC2)c(N)c1N. The zero-order chi connectivity index (χ0) is 18.2. The zero-order valence-electron chi connectivity index (χ0n) is 16.5. The Bertz CT molecular complexity index is 519. The molecule has 3 nitrogen and oxygen atoms in total. The molecule has 0 aromatic heterocycles. The van der Waals surface area contributed by atoms with Gasteiger partial charge in [0.2, 0.25) is 0 Å². The Hall–Kier alpha value is -1.38. The second kappa shape index (κ2) is 9.94. The molecule has 4 N–H and O–H groups in total. The minimum Gasteiger partial charge on any atom is -0.492 e. The molecule has 0 spiro atoms. The van der Waals surface area contributed by atoms with Gasteiger partial charge in [-0.25, -0.2) is 0 Å². The summed E-state index contributed by atoms with van der Waals surface area (Å²) in [5.74, 6) is 3.39. The van der Waals surface area contributed by atoms with Crippen LogP contribution in [0.2, 0.25) is 0 Å². The van der Waals surface area contributed by atoms with Crippen molar-refractivity contribution in [1.82, 2.24) is 0 Å². The van der Waals surface area contributed by atoms with Crippen molar-refractivity contribution >= 4 is 11.4 Å². The summed E-state index contributed by atoms with van der Waals surface area (Å²) in [6.45, 7) is 7.23. The molecule has 0 aliphatic heterocycles. The van der Waals surface area contributed by atoms with Gasteiger partial charge in [-0.15, -0.1) is 0 Å². The highest BCUT2D eigenvalue weighted by Crippen LogP contribution is 2.36. The van der Waals surface area contributed by atoms with Crippen molar-refractivity contribution in [3.63, 3.8) is 0 Å². The predicted octanol–water partition coefficient (Wildman–Crippen LogP) is 5.82. The second-order valence-corrected chi connectivity index (χ2v) is 8.23. The topological polar surface area (TPSA) is 61.3 Å². The maximum absolute atomic E-state index is 6.23. The summed E-state index contributed by atoms with van der Waals surface area (Å²) in [5.41, 5.74) is 14.8. The highest BCUT2D eigenvalue weighted by atomic mass is 16.5. The third kappa shape index (κ3) is 6.13. The highest BCUT2D eigenvalue weighted by Gasteiger charge is 2.21. The van der Waals surface area contributed by atoms with E-state index in [0.717, 1.165) is 24.2 Å². The Kier molecular flexibility index (Phi) is 7.92. The lowest BCUT2D eigenvalue weighted by molar-refractivity contribution is 0.247. The molecule has 1 aliphatic carbocycles. The van der Waals surface area contributed by atoms with Crippen LogP contribution in [0.5, 0.6) is 5.75 Å².